The maximum Gasteiger partial charge on any atom is 0.472 e. The third-order valence-electron chi connectivity index (χ3n) is 8.84. The summed E-state index contributed by atoms with van der Waals surface area (Å²) in [5.41, 5.74) is 0. The number of phosphoric acid groups is 1. The molecule has 0 heterocycles. The van der Waals surface area contributed by atoms with Crippen LogP contribution in [0.2, 0.25) is 0 Å². The van der Waals surface area contributed by atoms with E-state index in [4.69, 9.17) is 9.05 Å². The van der Waals surface area contributed by atoms with Gasteiger partial charge in [0.1, 0.15) is 13.2 Å². The van der Waals surface area contributed by atoms with Crippen molar-refractivity contribution in [2.45, 2.75) is 174 Å². The molecule has 8 nitrogen and oxygen atoms in total. The molecule has 0 radical (unpaired) electrons. The molecule has 3 unspecified atom stereocenters. The van der Waals surface area contributed by atoms with Crippen LogP contribution >= 0.6 is 7.82 Å². The van der Waals surface area contributed by atoms with Gasteiger partial charge in [-0.1, -0.05) is 152 Å². The van der Waals surface area contributed by atoms with Gasteiger partial charge in [0.2, 0.25) is 5.91 Å². The zero-order chi connectivity index (χ0) is 37.9. The fraction of sp³-hybridized carbons (Fsp3) is 0.786. The van der Waals surface area contributed by atoms with Crippen LogP contribution in [0.25, 0.3) is 0 Å². The van der Waals surface area contributed by atoms with E-state index in [1.807, 2.05) is 21.1 Å². The molecule has 0 aliphatic heterocycles. The second kappa shape index (κ2) is 34.2. The largest absolute Gasteiger partial charge is 0.472 e. The average molecular weight is 740 g/mol. The fourth-order valence-electron chi connectivity index (χ4n) is 5.56. The van der Waals surface area contributed by atoms with Crippen LogP contribution in [-0.2, 0) is 18.4 Å². The predicted octanol–water partition coefficient (Wildman–Crippen LogP) is 10.9. The summed E-state index contributed by atoms with van der Waals surface area (Å²) in [5.74, 6) is -0.163. The molecule has 0 aromatic carbocycles. The minimum atomic E-state index is -4.31. The van der Waals surface area contributed by atoms with Gasteiger partial charge in [-0.25, -0.2) is 4.57 Å². The lowest BCUT2D eigenvalue weighted by Crippen LogP contribution is -2.46. The number of amides is 1. The highest BCUT2D eigenvalue weighted by Gasteiger charge is 2.28. The topological polar surface area (TPSA) is 105 Å². The SMILES string of the molecule is CC/C=C\C/C=C\C/C=C\C/C=C\CCCCCCCCC(=O)NC(COP(=O)(O)OCC[N+](C)(C)C)C(O)CCCCCCCCCCCC. The summed E-state index contributed by atoms with van der Waals surface area (Å²) in [6, 6.07) is -0.767. The summed E-state index contributed by atoms with van der Waals surface area (Å²) in [4.78, 5) is 23.0. The molecule has 1 amide bonds. The number of carbonyl (C=O) groups is 1. The second-order valence-corrected chi connectivity index (χ2v) is 16.4. The maximum absolute atomic E-state index is 12.8. The molecule has 0 fully saturated rings. The second-order valence-electron chi connectivity index (χ2n) is 15.0. The third-order valence-corrected chi connectivity index (χ3v) is 9.83. The number of hydrogen-bond donors (Lipinski definition) is 3. The Labute approximate surface area is 314 Å². The van der Waals surface area contributed by atoms with E-state index in [0.717, 1.165) is 77.0 Å². The number of phosphoric ester groups is 1. The molecular weight excluding hydrogens is 659 g/mol. The van der Waals surface area contributed by atoms with Crippen LogP contribution in [0.5, 0.6) is 0 Å². The molecule has 0 bridgehead atoms. The standard InChI is InChI=1S/C42H79N2O6P/c1-6-8-10-12-14-16-18-19-20-21-22-23-24-25-26-28-30-32-34-36-42(46)43-40(39-50-51(47,48)49-38-37-44(3,4)5)41(45)35-33-31-29-27-17-15-13-11-9-7-2/h8,10,14,16,19-20,22-23,40-41,45H,6-7,9,11-13,15,17-18,21,24-39H2,1-5H3,(H-,43,46,47,48)/p+1/b10-8-,16-14-,20-19-,23-22-. The van der Waals surface area contributed by atoms with Crippen molar-refractivity contribution < 1.29 is 32.9 Å². The number of likely N-dealkylation sites (N-methyl/N-ethyl adjacent to an activating group) is 1. The molecule has 3 N–H and O–H groups in total. The van der Waals surface area contributed by atoms with Crippen molar-refractivity contribution in [1.82, 2.24) is 5.32 Å². The quantitative estimate of drug-likeness (QED) is 0.0256. The Balaban J connectivity index is 4.39. The summed E-state index contributed by atoms with van der Waals surface area (Å²) in [6.45, 7) is 4.72. The van der Waals surface area contributed by atoms with E-state index in [2.05, 4.69) is 67.8 Å². The van der Waals surface area contributed by atoms with Crippen molar-refractivity contribution in [2.24, 2.45) is 0 Å². The minimum absolute atomic E-state index is 0.0693. The Bertz CT molecular complexity index is 975. The van der Waals surface area contributed by atoms with Gasteiger partial charge < -0.3 is 19.8 Å². The number of nitrogens with zero attached hydrogens (tertiary/aromatic N) is 1. The summed E-state index contributed by atoms with van der Waals surface area (Å²) in [7, 11) is 1.59. The van der Waals surface area contributed by atoms with Gasteiger partial charge in [0, 0.05) is 6.42 Å². The van der Waals surface area contributed by atoms with Crippen LogP contribution in [0.1, 0.15) is 162 Å². The number of quaternary nitrogens is 1. The first kappa shape index (κ1) is 49.5. The van der Waals surface area contributed by atoms with E-state index < -0.39 is 20.0 Å². The number of allylic oxidation sites excluding steroid dienone is 8. The van der Waals surface area contributed by atoms with Gasteiger partial charge >= 0.3 is 7.82 Å². The van der Waals surface area contributed by atoms with Crippen molar-refractivity contribution in [1.29, 1.82) is 0 Å². The lowest BCUT2D eigenvalue weighted by atomic mass is 10.0. The summed E-state index contributed by atoms with van der Waals surface area (Å²) >= 11 is 0. The molecule has 0 saturated carbocycles. The number of hydrogen-bond acceptors (Lipinski definition) is 5. The third kappa shape index (κ3) is 36.6. The first-order valence-electron chi connectivity index (χ1n) is 20.5. The van der Waals surface area contributed by atoms with Crippen LogP contribution in [-0.4, -0.2) is 73.4 Å². The van der Waals surface area contributed by atoms with Gasteiger partial charge in [0.05, 0.1) is 39.9 Å². The molecule has 0 rings (SSSR count). The number of nitrogens with one attached hydrogen (secondary N) is 1. The van der Waals surface area contributed by atoms with E-state index in [1.54, 1.807) is 0 Å². The highest BCUT2D eigenvalue weighted by molar-refractivity contribution is 7.47. The van der Waals surface area contributed by atoms with E-state index in [0.29, 0.717) is 23.9 Å². The fourth-order valence-corrected chi connectivity index (χ4v) is 6.30. The number of unbranched alkanes of at least 4 members (excludes halogenated alkanes) is 15. The van der Waals surface area contributed by atoms with Gasteiger partial charge in [0.25, 0.3) is 0 Å². The number of aliphatic hydroxyl groups excluding tert-OH is 1. The van der Waals surface area contributed by atoms with Gasteiger partial charge in [-0.15, -0.1) is 0 Å². The number of rotatable bonds is 36. The Morgan fingerprint density at radius 2 is 1.18 bits per heavy atom. The summed E-state index contributed by atoms with van der Waals surface area (Å²) < 4.78 is 23.5. The molecule has 3 atom stereocenters. The summed E-state index contributed by atoms with van der Waals surface area (Å²) in [6.07, 6.45) is 41.3. The zero-order valence-electron chi connectivity index (χ0n) is 33.6. The van der Waals surface area contributed by atoms with Crippen molar-refractivity contribution >= 4 is 13.7 Å². The Morgan fingerprint density at radius 1 is 0.686 bits per heavy atom. The maximum atomic E-state index is 12.8. The van der Waals surface area contributed by atoms with E-state index in [-0.39, 0.29) is 19.1 Å². The first-order chi connectivity index (χ1) is 24.5. The molecular formula is C42H80N2O6P+. The lowest BCUT2D eigenvalue weighted by Gasteiger charge is -2.26. The van der Waals surface area contributed by atoms with Gasteiger partial charge in [-0.3, -0.25) is 13.8 Å². The van der Waals surface area contributed by atoms with Crippen molar-refractivity contribution in [3.8, 4) is 0 Å². The number of carbonyl (C=O) groups excluding carboxylic acids is 1. The molecule has 298 valence electrons. The van der Waals surface area contributed by atoms with Crippen LogP contribution < -0.4 is 5.32 Å². The monoisotopic (exact) mass is 740 g/mol. The van der Waals surface area contributed by atoms with Gasteiger partial charge in [-0.2, -0.15) is 0 Å². The normalized spacial score (nSPS) is 15.0. The van der Waals surface area contributed by atoms with Gasteiger partial charge in [0.15, 0.2) is 0 Å². The van der Waals surface area contributed by atoms with Crippen LogP contribution in [0.15, 0.2) is 48.6 Å². The van der Waals surface area contributed by atoms with Crippen LogP contribution in [0, 0.1) is 0 Å². The first-order valence-corrected chi connectivity index (χ1v) is 22.0. The highest BCUT2D eigenvalue weighted by Crippen LogP contribution is 2.43. The molecule has 0 aliphatic carbocycles. The lowest BCUT2D eigenvalue weighted by molar-refractivity contribution is -0.870. The minimum Gasteiger partial charge on any atom is -0.391 e. The van der Waals surface area contributed by atoms with Gasteiger partial charge in [-0.05, 0) is 51.4 Å². The van der Waals surface area contributed by atoms with Crippen LogP contribution in [0.3, 0.4) is 0 Å². The Morgan fingerprint density at radius 3 is 1.73 bits per heavy atom. The number of aliphatic hydroxyl groups is 1. The van der Waals surface area contributed by atoms with Crippen molar-refractivity contribution in [3.05, 3.63) is 48.6 Å². The summed E-state index contributed by atoms with van der Waals surface area (Å²) in [5, 5.41) is 13.9. The molecule has 0 aromatic rings. The highest BCUT2D eigenvalue weighted by atomic mass is 31.2. The zero-order valence-corrected chi connectivity index (χ0v) is 34.5. The predicted molar refractivity (Wildman–Crippen MR) is 217 cm³/mol. The molecule has 0 spiro atoms. The van der Waals surface area contributed by atoms with E-state index in [9.17, 15) is 19.4 Å². The Kier molecular flexibility index (Phi) is 33.2. The van der Waals surface area contributed by atoms with E-state index in [1.165, 1.54) is 57.8 Å². The van der Waals surface area contributed by atoms with Crippen LogP contribution in [0.4, 0.5) is 0 Å². The Hall–Kier alpha value is -1.54. The molecule has 51 heavy (non-hydrogen) atoms. The molecule has 0 aliphatic rings. The van der Waals surface area contributed by atoms with Crippen molar-refractivity contribution in [3.63, 3.8) is 0 Å². The average Bonchev–Trinajstić information content (AvgIpc) is 3.07. The van der Waals surface area contributed by atoms with Crippen molar-refractivity contribution in [2.75, 3.05) is 40.9 Å². The molecule has 9 heteroatoms. The smallest absolute Gasteiger partial charge is 0.391 e. The van der Waals surface area contributed by atoms with E-state index >= 15 is 0 Å². The molecule has 0 saturated heterocycles. The molecule has 0 aromatic heterocycles.